The third-order valence-corrected chi connectivity index (χ3v) is 5.14. The predicted molar refractivity (Wildman–Crippen MR) is 111 cm³/mol. The molecular weight excluding hydrogens is 408 g/mol. The molecule has 1 saturated carbocycles. The number of aliphatic hydroxyl groups excluding tert-OH is 1. The summed E-state index contributed by atoms with van der Waals surface area (Å²) < 4.78 is 2.72. The molecule has 0 saturated heterocycles. The van der Waals surface area contributed by atoms with Crippen molar-refractivity contribution in [3.63, 3.8) is 0 Å². The Morgan fingerprint density at radius 3 is 2.78 bits per heavy atom. The molecule has 3 N–H and O–H groups in total. The molecule has 3 heterocycles. The summed E-state index contributed by atoms with van der Waals surface area (Å²) in [7, 11) is 1.00. The molecule has 1 aliphatic rings. The molecule has 3 aromatic heterocycles. The molecule has 0 aliphatic heterocycles. The Balaban J connectivity index is 0.00000102. The number of aromatic nitrogens is 4. The molecule has 0 spiro atoms. The average Bonchev–Trinajstić information content (AvgIpc) is 3.10. The van der Waals surface area contributed by atoms with Crippen LogP contribution >= 0.6 is 15.9 Å². The zero-order valence-electron chi connectivity index (χ0n) is 15.4. The minimum absolute atomic E-state index is 0.511. The SMILES string of the molecule is Brc1cnn2c(NCc3cccnc3)cc(NC3CCCCC3)nc12.CO. The lowest BCUT2D eigenvalue weighted by molar-refractivity contribution is 0.399. The summed E-state index contributed by atoms with van der Waals surface area (Å²) >= 11 is 3.55. The van der Waals surface area contributed by atoms with E-state index in [9.17, 15) is 0 Å². The second-order valence-electron chi connectivity index (χ2n) is 6.45. The molecule has 0 unspecified atom stereocenters. The Bertz CT molecular complexity index is 848. The van der Waals surface area contributed by atoms with Gasteiger partial charge in [-0.2, -0.15) is 9.61 Å². The zero-order chi connectivity index (χ0) is 19.1. The molecule has 8 heteroatoms. The van der Waals surface area contributed by atoms with Gasteiger partial charge in [-0.15, -0.1) is 0 Å². The van der Waals surface area contributed by atoms with E-state index in [1.807, 2.05) is 22.8 Å². The summed E-state index contributed by atoms with van der Waals surface area (Å²) in [5, 5.41) is 18.5. The van der Waals surface area contributed by atoms with Crippen LogP contribution in [0.2, 0.25) is 0 Å². The first-order chi connectivity index (χ1) is 13.3. The van der Waals surface area contributed by atoms with Crippen LogP contribution in [-0.4, -0.2) is 37.8 Å². The van der Waals surface area contributed by atoms with E-state index >= 15 is 0 Å². The van der Waals surface area contributed by atoms with Crippen LogP contribution in [0.4, 0.5) is 11.6 Å². The highest BCUT2D eigenvalue weighted by Gasteiger charge is 2.16. The van der Waals surface area contributed by atoms with Crippen molar-refractivity contribution in [2.75, 3.05) is 17.7 Å². The van der Waals surface area contributed by atoms with Crippen LogP contribution in [0.5, 0.6) is 0 Å². The van der Waals surface area contributed by atoms with Gasteiger partial charge in [0.15, 0.2) is 5.65 Å². The highest BCUT2D eigenvalue weighted by atomic mass is 79.9. The van der Waals surface area contributed by atoms with Crippen LogP contribution < -0.4 is 10.6 Å². The smallest absolute Gasteiger partial charge is 0.173 e. The first-order valence-corrected chi connectivity index (χ1v) is 9.97. The number of nitrogens with one attached hydrogen (secondary N) is 2. The first-order valence-electron chi connectivity index (χ1n) is 9.18. The molecule has 1 aliphatic carbocycles. The largest absolute Gasteiger partial charge is 0.400 e. The minimum atomic E-state index is 0.511. The number of rotatable bonds is 5. The monoisotopic (exact) mass is 432 g/mol. The van der Waals surface area contributed by atoms with Gasteiger partial charge in [-0.3, -0.25) is 4.98 Å². The lowest BCUT2D eigenvalue weighted by Gasteiger charge is -2.23. The van der Waals surface area contributed by atoms with Crippen molar-refractivity contribution in [1.29, 1.82) is 0 Å². The van der Waals surface area contributed by atoms with Gasteiger partial charge in [-0.25, -0.2) is 4.98 Å². The van der Waals surface area contributed by atoms with Gasteiger partial charge in [0, 0.05) is 38.2 Å². The number of nitrogens with zero attached hydrogens (tertiary/aromatic N) is 4. The van der Waals surface area contributed by atoms with E-state index < -0.39 is 0 Å². The molecule has 0 aromatic carbocycles. The lowest BCUT2D eigenvalue weighted by atomic mass is 9.95. The number of pyridine rings is 1. The molecular formula is C19H25BrN6O. The van der Waals surface area contributed by atoms with Gasteiger partial charge in [-0.05, 0) is 40.4 Å². The van der Waals surface area contributed by atoms with Gasteiger partial charge in [-0.1, -0.05) is 25.3 Å². The van der Waals surface area contributed by atoms with E-state index in [2.05, 4.69) is 42.7 Å². The Morgan fingerprint density at radius 1 is 1.22 bits per heavy atom. The van der Waals surface area contributed by atoms with Crippen molar-refractivity contribution in [3.05, 3.63) is 46.8 Å². The lowest BCUT2D eigenvalue weighted by Crippen LogP contribution is -2.23. The van der Waals surface area contributed by atoms with Crippen LogP contribution in [-0.2, 0) is 6.54 Å². The number of hydrogen-bond acceptors (Lipinski definition) is 6. The van der Waals surface area contributed by atoms with Crippen molar-refractivity contribution in [2.24, 2.45) is 0 Å². The highest BCUT2D eigenvalue weighted by Crippen LogP contribution is 2.25. The molecule has 3 aromatic rings. The van der Waals surface area contributed by atoms with Crippen LogP contribution in [0.15, 0.2) is 41.3 Å². The fourth-order valence-corrected chi connectivity index (χ4v) is 3.64. The second kappa shape index (κ2) is 9.66. The van der Waals surface area contributed by atoms with E-state index in [1.165, 1.54) is 32.1 Å². The number of anilines is 2. The third-order valence-electron chi connectivity index (χ3n) is 4.58. The normalized spacial score (nSPS) is 14.5. The fraction of sp³-hybridized carbons (Fsp3) is 0.421. The number of aliphatic hydroxyl groups is 1. The van der Waals surface area contributed by atoms with Crippen LogP contribution in [0.3, 0.4) is 0 Å². The Morgan fingerprint density at radius 2 is 2.04 bits per heavy atom. The number of halogens is 1. The quantitative estimate of drug-likeness (QED) is 0.567. The maximum Gasteiger partial charge on any atom is 0.173 e. The van der Waals surface area contributed by atoms with Crippen LogP contribution in [0.25, 0.3) is 5.65 Å². The molecule has 7 nitrogen and oxygen atoms in total. The van der Waals surface area contributed by atoms with Crippen molar-refractivity contribution < 1.29 is 5.11 Å². The van der Waals surface area contributed by atoms with Gasteiger partial charge in [0.25, 0.3) is 0 Å². The molecule has 27 heavy (non-hydrogen) atoms. The van der Waals surface area contributed by atoms with E-state index in [4.69, 9.17) is 10.1 Å². The summed E-state index contributed by atoms with van der Waals surface area (Å²) in [6, 6.07) is 6.55. The maximum atomic E-state index is 7.00. The molecule has 0 bridgehead atoms. The molecule has 0 amide bonds. The number of hydrogen-bond donors (Lipinski definition) is 3. The van der Waals surface area contributed by atoms with Gasteiger partial charge in [0.05, 0.1) is 10.7 Å². The van der Waals surface area contributed by atoms with Gasteiger partial charge in [0.2, 0.25) is 0 Å². The average molecular weight is 433 g/mol. The van der Waals surface area contributed by atoms with Crippen LogP contribution in [0, 0.1) is 0 Å². The maximum absolute atomic E-state index is 7.00. The van der Waals surface area contributed by atoms with Crippen molar-refractivity contribution >= 4 is 33.2 Å². The molecule has 0 atom stereocenters. The Hall–Kier alpha value is -2.19. The van der Waals surface area contributed by atoms with Gasteiger partial charge >= 0.3 is 0 Å². The third kappa shape index (κ3) is 4.95. The summed E-state index contributed by atoms with van der Waals surface area (Å²) in [5.41, 5.74) is 1.94. The highest BCUT2D eigenvalue weighted by molar-refractivity contribution is 9.10. The first kappa shape index (κ1) is 19.6. The summed E-state index contributed by atoms with van der Waals surface area (Å²) in [4.78, 5) is 8.90. The molecule has 1 fully saturated rings. The van der Waals surface area contributed by atoms with E-state index in [0.29, 0.717) is 12.6 Å². The Labute approximate surface area is 167 Å². The standard InChI is InChI=1S/C18H21BrN6.CH4O/c19-15-12-22-25-17(21-11-13-5-4-8-20-10-13)9-16(24-18(15)25)23-14-6-2-1-3-7-14;1-2/h4-5,8-10,12,14,21H,1-3,6-7,11H2,(H,23,24);2H,1H3. The van der Waals surface area contributed by atoms with E-state index in [-0.39, 0.29) is 0 Å². The van der Waals surface area contributed by atoms with Crippen molar-refractivity contribution in [2.45, 2.75) is 44.7 Å². The summed E-state index contributed by atoms with van der Waals surface area (Å²) in [6.45, 7) is 0.688. The molecule has 4 rings (SSSR count). The van der Waals surface area contributed by atoms with Crippen molar-refractivity contribution in [3.8, 4) is 0 Å². The number of fused-ring (bicyclic) bond motifs is 1. The molecule has 144 valence electrons. The summed E-state index contributed by atoms with van der Waals surface area (Å²) in [5.74, 6) is 1.81. The fourth-order valence-electron chi connectivity index (χ4n) is 3.29. The van der Waals surface area contributed by atoms with Gasteiger partial charge < -0.3 is 15.7 Å². The van der Waals surface area contributed by atoms with E-state index in [1.54, 1.807) is 12.4 Å². The minimum Gasteiger partial charge on any atom is -0.400 e. The van der Waals surface area contributed by atoms with Gasteiger partial charge in [0.1, 0.15) is 11.6 Å². The van der Waals surface area contributed by atoms with Crippen LogP contribution in [0.1, 0.15) is 37.7 Å². The predicted octanol–water partition coefficient (Wildman–Crippen LogP) is 3.85. The topological polar surface area (TPSA) is 87.4 Å². The Kier molecular flexibility index (Phi) is 7.00. The zero-order valence-corrected chi connectivity index (χ0v) is 17.0. The second-order valence-corrected chi connectivity index (χ2v) is 7.30. The molecule has 0 radical (unpaired) electrons. The van der Waals surface area contributed by atoms with Crippen molar-refractivity contribution in [1.82, 2.24) is 19.6 Å². The summed E-state index contributed by atoms with van der Waals surface area (Å²) in [6.07, 6.45) is 11.8. The van der Waals surface area contributed by atoms with E-state index in [0.717, 1.165) is 34.4 Å².